The largest absolute Gasteiger partial charge is 0.102 e. The molecule has 2 unspecified atom stereocenters. The first-order chi connectivity index (χ1) is 3.93. The zero-order chi connectivity index (χ0) is 5.56. The van der Waals surface area contributed by atoms with Gasteiger partial charge in [-0.1, -0.05) is 17.7 Å². The highest BCUT2D eigenvalue weighted by Crippen LogP contribution is 2.53. The van der Waals surface area contributed by atoms with Crippen LogP contribution in [0.25, 0.3) is 0 Å². The van der Waals surface area contributed by atoms with E-state index in [1.54, 1.807) is 5.57 Å². The standard InChI is InChI=1S/C8H10/c1-2-6-7-4-3-5-8(6)7/h2,4,6,8H,1,3,5H2. The van der Waals surface area contributed by atoms with Crippen LogP contribution in [0.1, 0.15) is 12.8 Å². The van der Waals surface area contributed by atoms with Gasteiger partial charge >= 0.3 is 0 Å². The smallest absolute Gasteiger partial charge is 0.00430 e. The Morgan fingerprint density at radius 2 is 2.62 bits per heavy atom. The van der Waals surface area contributed by atoms with Crippen molar-refractivity contribution in [2.45, 2.75) is 12.8 Å². The summed E-state index contributed by atoms with van der Waals surface area (Å²) < 4.78 is 0. The van der Waals surface area contributed by atoms with Crippen molar-refractivity contribution >= 4 is 0 Å². The SMILES string of the molecule is C=CC1C2=CCCC21. The first-order valence-electron chi connectivity index (χ1n) is 3.26. The van der Waals surface area contributed by atoms with Crippen molar-refractivity contribution in [1.29, 1.82) is 0 Å². The summed E-state index contributed by atoms with van der Waals surface area (Å²) in [6.07, 6.45) is 7.17. The summed E-state index contributed by atoms with van der Waals surface area (Å²) in [6.45, 7) is 3.76. The molecule has 0 aliphatic heterocycles. The molecule has 0 radical (unpaired) electrons. The van der Waals surface area contributed by atoms with Gasteiger partial charge in [0.2, 0.25) is 0 Å². The Morgan fingerprint density at radius 3 is 3.00 bits per heavy atom. The van der Waals surface area contributed by atoms with Gasteiger partial charge in [-0.2, -0.15) is 0 Å². The predicted molar refractivity (Wildman–Crippen MR) is 34.5 cm³/mol. The summed E-state index contributed by atoms with van der Waals surface area (Å²) in [4.78, 5) is 0. The molecule has 42 valence electrons. The van der Waals surface area contributed by atoms with Crippen LogP contribution in [0.2, 0.25) is 0 Å². The van der Waals surface area contributed by atoms with Gasteiger partial charge in [0.1, 0.15) is 0 Å². The van der Waals surface area contributed by atoms with Crippen LogP contribution in [0.4, 0.5) is 0 Å². The van der Waals surface area contributed by atoms with Crippen molar-refractivity contribution in [2.24, 2.45) is 11.8 Å². The molecule has 0 aromatic heterocycles. The highest BCUT2D eigenvalue weighted by Gasteiger charge is 2.43. The third-order valence-electron chi connectivity index (χ3n) is 2.25. The van der Waals surface area contributed by atoms with Crippen LogP contribution in [-0.2, 0) is 0 Å². The van der Waals surface area contributed by atoms with Gasteiger partial charge < -0.3 is 0 Å². The van der Waals surface area contributed by atoms with E-state index in [-0.39, 0.29) is 0 Å². The van der Waals surface area contributed by atoms with Crippen molar-refractivity contribution in [3.8, 4) is 0 Å². The summed E-state index contributed by atoms with van der Waals surface area (Å²) in [5, 5.41) is 0. The fourth-order valence-corrected chi connectivity index (χ4v) is 1.73. The highest BCUT2D eigenvalue weighted by molar-refractivity contribution is 5.37. The number of hydrogen-bond acceptors (Lipinski definition) is 0. The van der Waals surface area contributed by atoms with Crippen molar-refractivity contribution in [3.05, 3.63) is 24.3 Å². The van der Waals surface area contributed by atoms with E-state index in [0.717, 1.165) is 11.8 Å². The van der Waals surface area contributed by atoms with E-state index in [0.29, 0.717) is 0 Å². The molecule has 0 saturated heterocycles. The summed E-state index contributed by atoms with van der Waals surface area (Å²) >= 11 is 0. The molecule has 0 aromatic carbocycles. The van der Waals surface area contributed by atoms with E-state index in [2.05, 4.69) is 18.7 Å². The average molecular weight is 106 g/mol. The molecule has 2 rings (SSSR count). The molecule has 2 aliphatic carbocycles. The van der Waals surface area contributed by atoms with Gasteiger partial charge in [0.05, 0.1) is 0 Å². The maximum absolute atomic E-state index is 3.76. The van der Waals surface area contributed by atoms with Crippen LogP contribution in [0.3, 0.4) is 0 Å². The molecule has 0 amide bonds. The second kappa shape index (κ2) is 1.25. The van der Waals surface area contributed by atoms with E-state index in [1.807, 2.05) is 0 Å². The minimum absolute atomic E-state index is 0.795. The molecular formula is C8H10. The molecule has 0 heterocycles. The number of allylic oxidation sites excluding steroid dienone is 3. The number of rotatable bonds is 1. The monoisotopic (exact) mass is 106 g/mol. The fourth-order valence-electron chi connectivity index (χ4n) is 1.73. The number of fused-ring (bicyclic) bond motifs is 1. The zero-order valence-corrected chi connectivity index (χ0v) is 4.93. The van der Waals surface area contributed by atoms with Crippen molar-refractivity contribution in [2.75, 3.05) is 0 Å². The van der Waals surface area contributed by atoms with Crippen LogP contribution in [-0.4, -0.2) is 0 Å². The quantitative estimate of drug-likeness (QED) is 0.449. The molecule has 0 bridgehead atoms. The lowest BCUT2D eigenvalue weighted by molar-refractivity contribution is 0.732. The first kappa shape index (κ1) is 4.37. The molecule has 0 heteroatoms. The predicted octanol–water partition coefficient (Wildman–Crippen LogP) is 2.14. The molecule has 0 aromatic rings. The van der Waals surface area contributed by atoms with E-state index in [1.165, 1.54) is 12.8 Å². The maximum atomic E-state index is 3.76. The van der Waals surface area contributed by atoms with Gasteiger partial charge in [-0.25, -0.2) is 0 Å². The molecule has 0 nitrogen and oxygen atoms in total. The van der Waals surface area contributed by atoms with Crippen molar-refractivity contribution < 1.29 is 0 Å². The third-order valence-corrected chi connectivity index (χ3v) is 2.25. The van der Waals surface area contributed by atoms with Crippen LogP contribution in [0, 0.1) is 11.8 Å². The highest BCUT2D eigenvalue weighted by atomic mass is 14.5. The van der Waals surface area contributed by atoms with Gasteiger partial charge in [-0.15, -0.1) is 6.58 Å². The molecular weight excluding hydrogens is 96.1 g/mol. The summed E-state index contributed by atoms with van der Waals surface area (Å²) in [5.74, 6) is 1.73. The maximum Gasteiger partial charge on any atom is 0.00430 e. The minimum atomic E-state index is 0.795. The Kier molecular flexibility index (Phi) is 0.682. The van der Waals surface area contributed by atoms with Crippen LogP contribution in [0.5, 0.6) is 0 Å². The van der Waals surface area contributed by atoms with E-state index in [4.69, 9.17) is 0 Å². The van der Waals surface area contributed by atoms with Gasteiger partial charge in [-0.3, -0.25) is 0 Å². The van der Waals surface area contributed by atoms with Crippen LogP contribution in [0.15, 0.2) is 24.3 Å². The molecule has 0 N–H and O–H groups in total. The summed E-state index contributed by atoms with van der Waals surface area (Å²) in [5.41, 5.74) is 1.67. The topological polar surface area (TPSA) is 0 Å². The zero-order valence-electron chi connectivity index (χ0n) is 4.93. The lowest BCUT2D eigenvalue weighted by atomic mass is 10.2. The van der Waals surface area contributed by atoms with Gasteiger partial charge in [-0.05, 0) is 18.8 Å². The Morgan fingerprint density at radius 1 is 1.75 bits per heavy atom. The minimum Gasteiger partial charge on any atom is -0.102 e. The van der Waals surface area contributed by atoms with Gasteiger partial charge in [0.25, 0.3) is 0 Å². The Hall–Kier alpha value is -0.520. The van der Waals surface area contributed by atoms with Crippen molar-refractivity contribution in [1.82, 2.24) is 0 Å². The molecule has 8 heavy (non-hydrogen) atoms. The van der Waals surface area contributed by atoms with E-state index in [9.17, 15) is 0 Å². The second-order valence-corrected chi connectivity index (χ2v) is 2.65. The number of hydrogen-bond donors (Lipinski definition) is 0. The first-order valence-corrected chi connectivity index (χ1v) is 3.26. The average Bonchev–Trinajstić information content (AvgIpc) is 2.22. The third kappa shape index (κ3) is 0.360. The van der Waals surface area contributed by atoms with Crippen LogP contribution >= 0.6 is 0 Å². The van der Waals surface area contributed by atoms with E-state index < -0.39 is 0 Å². The van der Waals surface area contributed by atoms with Crippen molar-refractivity contribution in [3.63, 3.8) is 0 Å². The van der Waals surface area contributed by atoms with Gasteiger partial charge in [0, 0.05) is 5.92 Å². The molecule has 1 fully saturated rings. The fraction of sp³-hybridized carbons (Fsp3) is 0.500. The van der Waals surface area contributed by atoms with Gasteiger partial charge in [0.15, 0.2) is 0 Å². The van der Waals surface area contributed by atoms with Crippen LogP contribution < -0.4 is 0 Å². The summed E-state index contributed by atoms with van der Waals surface area (Å²) in [6, 6.07) is 0. The lowest BCUT2D eigenvalue weighted by Gasteiger charge is -1.86. The molecule has 1 saturated carbocycles. The Balaban J connectivity index is 2.20. The normalized spacial score (nSPS) is 40.8. The Labute approximate surface area is 49.9 Å². The molecule has 0 spiro atoms. The molecule has 2 atom stereocenters. The Bertz CT molecular complexity index is 153. The molecule has 2 aliphatic rings. The summed E-state index contributed by atoms with van der Waals surface area (Å²) in [7, 11) is 0. The van der Waals surface area contributed by atoms with E-state index >= 15 is 0 Å². The lowest BCUT2D eigenvalue weighted by Crippen LogP contribution is -1.75. The second-order valence-electron chi connectivity index (χ2n) is 2.65.